The van der Waals surface area contributed by atoms with Gasteiger partial charge in [-0.05, 0) is 19.1 Å². The molecule has 0 aliphatic rings. The molecule has 1 N–H and O–H groups in total. The molecule has 0 aliphatic carbocycles. The molecule has 0 radical (unpaired) electrons. The zero-order valence-corrected chi connectivity index (χ0v) is 10.4. The molecule has 0 atom stereocenters. The third-order valence-electron chi connectivity index (χ3n) is 2.51. The van der Waals surface area contributed by atoms with Crippen LogP contribution in [0.1, 0.15) is 12.6 Å². The quantitative estimate of drug-likeness (QED) is 0.881. The van der Waals surface area contributed by atoms with Crippen molar-refractivity contribution in [1.29, 1.82) is 0 Å². The lowest BCUT2D eigenvalue weighted by atomic mass is 10.2. The van der Waals surface area contributed by atoms with Gasteiger partial charge in [0.25, 0.3) is 0 Å². The van der Waals surface area contributed by atoms with Crippen LogP contribution in [0.15, 0.2) is 24.4 Å². The standard InChI is InChI=1S/C12H15FN4O/c1-3-18-12-6-9(13)4-5-11(12)14-7-10-8-15-16-17(10)2/h4-6,8,14H,3,7H2,1-2H3. The molecule has 1 heterocycles. The number of halogens is 1. The first-order valence-electron chi connectivity index (χ1n) is 5.70. The zero-order valence-electron chi connectivity index (χ0n) is 10.4. The van der Waals surface area contributed by atoms with Crippen LogP contribution in [-0.2, 0) is 13.6 Å². The number of nitrogens with one attached hydrogen (secondary N) is 1. The lowest BCUT2D eigenvalue weighted by molar-refractivity contribution is 0.339. The molecule has 0 saturated carbocycles. The molecule has 0 spiro atoms. The van der Waals surface area contributed by atoms with Crippen LogP contribution in [0, 0.1) is 5.82 Å². The maximum atomic E-state index is 13.1. The average molecular weight is 250 g/mol. The predicted octanol–water partition coefficient (Wildman–Crippen LogP) is 1.96. The number of rotatable bonds is 5. The first-order valence-corrected chi connectivity index (χ1v) is 5.70. The fraction of sp³-hybridized carbons (Fsp3) is 0.333. The lowest BCUT2D eigenvalue weighted by Gasteiger charge is -2.12. The molecule has 0 aliphatic heterocycles. The van der Waals surface area contributed by atoms with Gasteiger partial charge in [0.1, 0.15) is 11.6 Å². The Labute approximate surface area is 105 Å². The van der Waals surface area contributed by atoms with E-state index in [0.29, 0.717) is 18.9 Å². The van der Waals surface area contributed by atoms with Gasteiger partial charge in [-0.1, -0.05) is 5.21 Å². The molecule has 0 saturated heterocycles. The van der Waals surface area contributed by atoms with Crippen molar-refractivity contribution in [3.8, 4) is 5.75 Å². The number of nitrogens with zero attached hydrogens (tertiary/aromatic N) is 3. The third kappa shape index (κ3) is 2.77. The second-order valence-electron chi connectivity index (χ2n) is 3.78. The number of ether oxygens (including phenoxy) is 1. The maximum absolute atomic E-state index is 13.1. The van der Waals surface area contributed by atoms with Crippen molar-refractivity contribution in [2.45, 2.75) is 13.5 Å². The van der Waals surface area contributed by atoms with Crippen molar-refractivity contribution < 1.29 is 9.13 Å². The summed E-state index contributed by atoms with van der Waals surface area (Å²) in [6, 6.07) is 4.42. The SMILES string of the molecule is CCOc1cc(F)ccc1NCc1cnnn1C. The van der Waals surface area contributed by atoms with Crippen molar-refractivity contribution in [2.75, 3.05) is 11.9 Å². The Balaban J connectivity index is 2.11. The Morgan fingerprint density at radius 1 is 1.44 bits per heavy atom. The van der Waals surface area contributed by atoms with E-state index in [1.807, 2.05) is 14.0 Å². The minimum absolute atomic E-state index is 0.314. The van der Waals surface area contributed by atoms with Crippen LogP contribution in [0.25, 0.3) is 0 Å². The van der Waals surface area contributed by atoms with Crippen LogP contribution in [0.4, 0.5) is 10.1 Å². The minimum atomic E-state index is -0.314. The molecule has 5 nitrogen and oxygen atoms in total. The van der Waals surface area contributed by atoms with E-state index in [2.05, 4.69) is 15.6 Å². The maximum Gasteiger partial charge on any atom is 0.145 e. The largest absolute Gasteiger partial charge is 0.492 e. The number of aromatic nitrogens is 3. The average Bonchev–Trinajstić information content (AvgIpc) is 2.74. The van der Waals surface area contributed by atoms with Gasteiger partial charge in [0.15, 0.2) is 0 Å². The van der Waals surface area contributed by atoms with Crippen molar-refractivity contribution in [3.63, 3.8) is 0 Å². The van der Waals surface area contributed by atoms with Crippen molar-refractivity contribution in [1.82, 2.24) is 15.0 Å². The molecule has 0 fully saturated rings. The van der Waals surface area contributed by atoms with E-state index in [1.54, 1.807) is 16.9 Å². The van der Waals surface area contributed by atoms with Crippen LogP contribution in [0.5, 0.6) is 5.75 Å². The zero-order chi connectivity index (χ0) is 13.0. The van der Waals surface area contributed by atoms with Gasteiger partial charge in [0.05, 0.1) is 30.7 Å². The van der Waals surface area contributed by atoms with Gasteiger partial charge in [-0.3, -0.25) is 4.68 Å². The molecule has 18 heavy (non-hydrogen) atoms. The Morgan fingerprint density at radius 3 is 2.94 bits per heavy atom. The van der Waals surface area contributed by atoms with E-state index in [9.17, 15) is 4.39 Å². The Hall–Kier alpha value is -2.11. The highest BCUT2D eigenvalue weighted by Gasteiger charge is 2.06. The van der Waals surface area contributed by atoms with Crippen molar-refractivity contribution in [3.05, 3.63) is 35.9 Å². The molecule has 1 aromatic heterocycles. The van der Waals surface area contributed by atoms with Gasteiger partial charge in [-0.15, -0.1) is 5.10 Å². The number of aryl methyl sites for hydroxylation is 1. The Kier molecular flexibility index (Phi) is 3.76. The van der Waals surface area contributed by atoms with Crippen LogP contribution >= 0.6 is 0 Å². The molecule has 0 unspecified atom stereocenters. The summed E-state index contributed by atoms with van der Waals surface area (Å²) >= 11 is 0. The molecule has 2 rings (SSSR count). The van der Waals surface area contributed by atoms with Crippen molar-refractivity contribution in [2.24, 2.45) is 7.05 Å². The molecule has 96 valence electrons. The van der Waals surface area contributed by atoms with E-state index in [1.165, 1.54) is 12.1 Å². The number of anilines is 1. The topological polar surface area (TPSA) is 52.0 Å². The van der Waals surface area contributed by atoms with Gasteiger partial charge in [0, 0.05) is 13.1 Å². The summed E-state index contributed by atoms with van der Waals surface area (Å²) in [5.74, 6) is 0.193. The molecule has 1 aromatic carbocycles. The molecular formula is C12H15FN4O. The smallest absolute Gasteiger partial charge is 0.145 e. The van der Waals surface area contributed by atoms with Gasteiger partial charge in [-0.2, -0.15) is 0 Å². The first kappa shape index (κ1) is 12.3. The van der Waals surface area contributed by atoms with E-state index in [4.69, 9.17) is 4.74 Å². The molecule has 6 heteroatoms. The van der Waals surface area contributed by atoms with Crippen molar-refractivity contribution >= 4 is 5.69 Å². The second-order valence-corrected chi connectivity index (χ2v) is 3.78. The van der Waals surface area contributed by atoms with Crippen LogP contribution in [0.3, 0.4) is 0 Å². The molecule has 2 aromatic rings. The van der Waals surface area contributed by atoms with E-state index in [0.717, 1.165) is 11.4 Å². The lowest BCUT2D eigenvalue weighted by Crippen LogP contribution is -2.07. The fourth-order valence-electron chi connectivity index (χ4n) is 1.57. The minimum Gasteiger partial charge on any atom is -0.492 e. The Bertz CT molecular complexity index is 527. The van der Waals surface area contributed by atoms with Crippen LogP contribution in [0.2, 0.25) is 0 Å². The summed E-state index contributed by atoms with van der Waals surface area (Å²) in [6.45, 7) is 2.90. The second kappa shape index (κ2) is 5.48. The summed E-state index contributed by atoms with van der Waals surface area (Å²) < 4.78 is 20.2. The third-order valence-corrected chi connectivity index (χ3v) is 2.51. The first-order chi connectivity index (χ1) is 8.70. The highest BCUT2D eigenvalue weighted by Crippen LogP contribution is 2.25. The monoisotopic (exact) mass is 250 g/mol. The number of hydrogen-bond donors (Lipinski definition) is 1. The van der Waals surface area contributed by atoms with Gasteiger partial charge in [0.2, 0.25) is 0 Å². The summed E-state index contributed by atoms with van der Waals surface area (Å²) in [5.41, 5.74) is 1.68. The molecule has 0 bridgehead atoms. The Morgan fingerprint density at radius 2 is 2.28 bits per heavy atom. The van der Waals surface area contributed by atoms with E-state index >= 15 is 0 Å². The van der Waals surface area contributed by atoms with Gasteiger partial charge >= 0.3 is 0 Å². The highest BCUT2D eigenvalue weighted by atomic mass is 19.1. The summed E-state index contributed by atoms with van der Waals surface area (Å²) in [7, 11) is 1.82. The van der Waals surface area contributed by atoms with Crippen LogP contribution in [-0.4, -0.2) is 21.6 Å². The normalized spacial score (nSPS) is 10.4. The summed E-state index contributed by atoms with van der Waals surface area (Å²) in [4.78, 5) is 0. The summed E-state index contributed by atoms with van der Waals surface area (Å²) in [6.07, 6.45) is 1.68. The molecular weight excluding hydrogens is 235 g/mol. The van der Waals surface area contributed by atoms with E-state index in [-0.39, 0.29) is 5.82 Å². The summed E-state index contributed by atoms with van der Waals surface area (Å²) in [5, 5.41) is 10.8. The fourth-order valence-corrected chi connectivity index (χ4v) is 1.57. The highest BCUT2D eigenvalue weighted by molar-refractivity contribution is 5.56. The number of benzene rings is 1. The van der Waals surface area contributed by atoms with Gasteiger partial charge < -0.3 is 10.1 Å². The van der Waals surface area contributed by atoms with Gasteiger partial charge in [-0.25, -0.2) is 4.39 Å². The van der Waals surface area contributed by atoms with E-state index < -0.39 is 0 Å². The predicted molar refractivity (Wildman–Crippen MR) is 65.9 cm³/mol. The molecule has 0 amide bonds. The van der Waals surface area contributed by atoms with Crippen LogP contribution < -0.4 is 10.1 Å². The number of hydrogen-bond acceptors (Lipinski definition) is 4.